The molecule has 0 aromatic heterocycles. The molecule has 0 aromatic rings. The van der Waals surface area contributed by atoms with E-state index in [2.05, 4.69) is 12.2 Å². The number of carbonyl (C=O) groups excluding carboxylic acids is 1. The monoisotopic (exact) mass is 229 g/mol. The molecule has 0 aliphatic carbocycles. The Labute approximate surface area is 97.7 Å². The molecule has 0 saturated carbocycles. The van der Waals surface area contributed by atoms with Gasteiger partial charge in [0.2, 0.25) is 0 Å². The predicted molar refractivity (Wildman–Crippen MR) is 62.3 cm³/mol. The van der Waals surface area contributed by atoms with Gasteiger partial charge in [-0.1, -0.05) is 13.3 Å². The van der Waals surface area contributed by atoms with Crippen LogP contribution in [-0.2, 0) is 14.3 Å². The number of nitrogens with one attached hydrogen (secondary N) is 1. The molecule has 0 spiro atoms. The molecule has 0 amide bonds. The SMILES string of the molecule is CCCC(O[C@H]1CCCNC1)C(=O)OCC. The van der Waals surface area contributed by atoms with Gasteiger partial charge in [0.15, 0.2) is 6.10 Å². The molecule has 1 aliphatic rings. The molecule has 0 radical (unpaired) electrons. The molecule has 0 aromatic carbocycles. The molecule has 1 saturated heterocycles. The Hall–Kier alpha value is -0.610. The van der Waals surface area contributed by atoms with Crippen LogP contribution in [0.25, 0.3) is 0 Å². The summed E-state index contributed by atoms with van der Waals surface area (Å²) in [6.07, 6.45) is 3.61. The maximum atomic E-state index is 11.6. The van der Waals surface area contributed by atoms with Crippen LogP contribution in [0.3, 0.4) is 0 Å². The van der Waals surface area contributed by atoms with Crippen LogP contribution in [0.5, 0.6) is 0 Å². The van der Waals surface area contributed by atoms with E-state index >= 15 is 0 Å². The van der Waals surface area contributed by atoms with Gasteiger partial charge in [-0.2, -0.15) is 0 Å². The summed E-state index contributed by atoms with van der Waals surface area (Å²) in [6.45, 7) is 6.19. The van der Waals surface area contributed by atoms with Gasteiger partial charge in [-0.25, -0.2) is 4.79 Å². The lowest BCUT2D eigenvalue weighted by Crippen LogP contribution is -2.40. The van der Waals surface area contributed by atoms with Gasteiger partial charge in [-0.15, -0.1) is 0 Å². The molecular formula is C12H23NO3. The van der Waals surface area contributed by atoms with E-state index in [0.717, 1.165) is 38.8 Å². The molecule has 1 N–H and O–H groups in total. The summed E-state index contributed by atoms with van der Waals surface area (Å²) < 4.78 is 10.8. The average molecular weight is 229 g/mol. The van der Waals surface area contributed by atoms with Crippen molar-refractivity contribution in [3.05, 3.63) is 0 Å². The summed E-state index contributed by atoms with van der Waals surface area (Å²) in [5.41, 5.74) is 0. The minimum atomic E-state index is -0.380. The molecule has 1 fully saturated rings. The van der Waals surface area contributed by atoms with E-state index in [1.807, 2.05) is 6.92 Å². The van der Waals surface area contributed by atoms with Crippen molar-refractivity contribution >= 4 is 5.97 Å². The first-order chi connectivity index (χ1) is 7.77. The quantitative estimate of drug-likeness (QED) is 0.701. The van der Waals surface area contributed by atoms with Crippen molar-refractivity contribution in [2.24, 2.45) is 0 Å². The van der Waals surface area contributed by atoms with E-state index in [4.69, 9.17) is 9.47 Å². The highest BCUT2D eigenvalue weighted by molar-refractivity contribution is 5.74. The highest BCUT2D eigenvalue weighted by Crippen LogP contribution is 2.13. The molecule has 1 rings (SSSR count). The third-order valence-corrected chi connectivity index (χ3v) is 2.71. The summed E-state index contributed by atoms with van der Waals surface area (Å²) in [4.78, 5) is 11.6. The number of carbonyl (C=O) groups is 1. The van der Waals surface area contributed by atoms with Gasteiger partial charge in [0.05, 0.1) is 12.7 Å². The van der Waals surface area contributed by atoms with Crippen LogP contribution in [-0.4, -0.2) is 37.9 Å². The summed E-state index contributed by atoms with van der Waals surface area (Å²) in [5, 5.41) is 3.28. The van der Waals surface area contributed by atoms with Gasteiger partial charge in [0.1, 0.15) is 0 Å². The highest BCUT2D eigenvalue weighted by atomic mass is 16.6. The molecule has 1 heterocycles. The van der Waals surface area contributed by atoms with Crippen molar-refractivity contribution in [2.75, 3.05) is 19.7 Å². The Bertz CT molecular complexity index is 202. The van der Waals surface area contributed by atoms with Gasteiger partial charge in [0.25, 0.3) is 0 Å². The van der Waals surface area contributed by atoms with Crippen molar-refractivity contribution < 1.29 is 14.3 Å². The minimum Gasteiger partial charge on any atom is -0.464 e. The van der Waals surface area contributed by atoms with Gasteiger partial charge in [-0.05, 0) is 32.7 Å². The number of rotatable bonds is 6. The molecular weight excluding hydrogens is 206 g/mol. The van der Waals surface area contributed by atoms with Gasteiger partial charge in [-0.3, -0.25) is 0 Å². The van der Waals surface area contributed by atoms with Gasteiger partial charge in [0, 0.05) is 6.54 Å². The van der Waals surface area contributed by atoms with Crippen LogP contribution in [0.15, 0.2) is 0 Å². The minimum absolute atomic E-state index is 0.162. The molecule has 1 aliphatic heterocycles. The smallest absolute Gasteiger partial charge is 0.335 e. The zero-order chi connectivity index (χ0) is 11.8. The van der Waals surface area contributed by atoms with Gasteiger partial charge >= 0.3 is 5.97 Å². The number of esters is 1. The number of piperidine rings is 1. The third-order valence-electron chi connectivity index (χ3n) is 2.71. The van der Waals surface area contributed by atoms with E-state index in [1.54, 1.807) is 0 Å². The normalized spacial score (nSPS) is 22.8. The Morgan fingerprint density at radius 3 is 2.88 bits per heavy atom. The molecule has 4 heteroatoms. The predicted octanol–water partition coefficient (Wildman–Crippen LogP) is 1.49. The fraction of sp³-hybridized carbons (Fsp3) is 0.917. The first-order valence-electron chi connectivity index (χ1n) is 6.30. The topological polar surface area (TPSA) is 47.6 Å². The summed E-state index contributed by atoms with van der Waals surface area (Å²) in [6, 6.07) is 0. The summed E-state index contributed by atoms with van der Waals surface area (Å²) >= 11 is 0. The molecule has 4 nitrogen and oxygen atoms in total. The maximum absolute atomic E-state index is 11.6. The lowest BCUT2D eigenvalue weighted by atomic mass is 10.1. The van der Waals surface area contributed by atoms with Crippen molar-refractivity contribution in [2.45, 2.75) is 51.7 Å². The van der Waals surface area contributed by atoms with E-state index < -0.39 is 0 Å². The summed E-state index contributed by atoms with van der Waals surface area (Å²) in [5.74, 6) is -0.213. The largest absolute Gasteiger partial charge is 0.464 e. The second-order valence-corrected chi connectivity index (χ2v) is 4.13. The van der Waals surface area contributed by atoms with Crippen LogP contribution in [0.4, 0.5) is 0 Å². The third kappa shape index (κ3) is 4.49. The number of hydrogen-bond acceptors (Lipinski definition) is 4. The van der Waals surface area contributed by atoms with Crippen molar-refractivity contribution in [1.82, 2.24) is 5.32 Å². The zero-order valence-corrected chi connectivity index (χ0v) is 10.3. The van der Waals surface area contributed by atoms with E-state index in [0.29, 0.717) is 6.61 Å². The first kappa shape index (κ1) is 13.5. The molecule has 94 valence electrons. The Morgan fingerprint density at radius 2 is 2.31 bits per heavy atom. The zero-order valence-electron chi connectivity index (χ0n) is 10.3. The standard InChI is InChI=1S/C12H23NO3/c1-3-6-11(12(14)15-4-2)16-10-7-5-8-13-9-10/h10-11,13H,3-9H2,1-2H3/t10-,11?/m0/s1. The summed E-state index contributed by atoms with van der Waals surface area (Å²) in [7, 11) is 0. The first-order valence-corrected chi connectivity index (χ1v) is 6.30. The van der Waals surface area contributed by atoms with Crippen LogP contribution in [0, 0.1) is 0 Å². The lowest BCUT2D eigenvalue weighted by Gasteiger charge is -2.27. The Morgan fingerprint density at radius 1 is 1.50 bits per heavy atom. The maximum Gasteiger partial charge on any atom is 0.335 e. The fourth-order valence-electron chi connectivity index (χ4n) is 1.91. The van der Waals surface area contributed by atoms with Crippen molar-refractivity contribution in [3.8, 4) is 0 Å². The lowest BCUT2D eigenvalue weighted by molar-refractivity contribution is -0.161. The molecule has 1 unspecified atom stereocenters. The van der Waals surface area contributed by atoms with Crippen molar-refractivity contribution in [3.63, 3.8) is 0 Å². The van der Waals surface area contributed by atoms with E-state index in [1.165, 1.54) is 0 Å². The molecule has 16 heavy (non-hydrogen) atoms. The van der Waals surface area contributed by atoms with Gasteiger partial charge < -0.3 is 14.8 Å². The molecule has 2 atom stereocenters. The number of ether oxygens (including phenoxy) is 2. The van der Waals surface area contributed by atoms with Crippen LogP contribution in [0.2, 0.25) is 0 Å². The number of hydrogen-bond donors (Lipinski definition) is 1. The molecule has 0 bridgehead atoms. The van der Waals surface area contributed by atoms with Crippen molar-refractivity contribution in [1.29, 1.82) is 0 Å². The second kappa shape index (κ2) is 7.63. The van der Waals surface area contributed by atoms with E-state index in [9.17, 15) is 4.79 Å². The Balaban J connectivity index is 2.39. The second-order valence-electron chi connectivity index (χ2n) is 4.13. The van der Waals surface area contributed by atoms with E-state index in [-0.39, 0.29) is 18.2 Å². The fourth-order valence-corrected chi connectivity index (χ4v) is 1.91. The highest BCUT2D eigenvalue weighted by Gasteiger charge is 2.24. The van der Waals surface area contributed by atoms with Crippen LogP contribution in [0.1, 0.15) is 39.5 Å². The van der Waals surface area contributed by atoms with Crippen LogP contribution < -0.4 is 5.32 Å². The Kier molecular flexibility index (Phi) is 6.42. The average Bonchev–Trinajstić information content (AvgIpc) is 2.30. The van der Waals surface area contributed by atoms with Crippen LogP contribution >= 0.6 is 0 Å².